The van der Waals surface area contributed by atoms with Gasteiger partial charge in [-0.05, 0) is 42.5 Å². The van der Waals surface area contributed by atoms with Crippen LogP contribution < -0.4 is 0 Å². The first-order valence-electron chi connectivity index (χ1n) is 12.3. The standard InChI is InChI=1S/C28H31ClN4O2/c29-33-20-17-30-27(33)28(14-7-16-31-28)15-8-18-32-19-13-24(21-25(32)34)35-26(22-9-3-1-4-10-22)23-11-5-2-6-12-23/h1-7,9-12,14,16-17,20,24-26,34H,8,13,15,18-19,21H2. The number of hydrogen-bond acceptors (Lipinski definition) is 5. The molecule has 35 heavy (non-hydrogen) atoms. The fourth-order valence-corrected chi connectivity index (χ4v) is 5.33. The molecular formula is C28H31ClN4O2. The zero-order valence-electron chi connectivity index (χ0n) is 19.7. The summed E-state index contributed by atoms with van der Waals surface area (Å²) in [6.07, 6.45) is 11.6. The molecule has 2 aromatic carbocycles. The van der Waals surface area contributed by atoms with Crippen LogP contribution in [0, 0.1) is 0 Å². The number of aliphatic imine (C=N–C) groups is 1. The van der Waals surface area contributed by atoms with Crippen LogP contribution in [0.25, 0.3) is 0 Å². The Kier molecular flexibility index (Phi) is 7.44. The van der Waals surface area contributed by atoms with E-state index in [0.717, 1.165) is 49.3 Å². The molecule has 5 rings (SSSR count). The number of aromatic nitrogens is 2. The van der Waals surface area contributed by atoms with Crippen molar-refractivity contribution in [2.45, 2.75) is 49.7 Å². The highest BCUT2D eigenvalue weighted by molar-refractivity contribution is 6.15. The molecule has 0 spiro atoms. The van der Waals surface area contributed by atoms with Crippen molar-refractivity contribution in [1.29, 1.82) is 0 Å². The molecule has 0 radical (unpaired) electrons. The van der Waals surface area contributed by atoms with E-state index in [0.29, 0.717) is 6.42 Å². The molecular weight excluding hydrogens is 460 g/mol. The van der Waals surface area contributed by atoms with Gasteiger partial charge in [-0.1, -0.05) is 60.7 Å². The molecule has 182 valence electrons. The number of aliphatic hydroxyl groups excluding tert-OH is 1. The van der Waals surface area contributed by atoms with Crippen LogP contribution in [0.15, 0.2) is 90.2 Å². The van der Waals surface area contributed by atoms with Crippen molar-refractivity contribution in [2.75, 3.05) is 13.1 Å². The number of halogens is 1. The Labute approximate surface area is 211 Å². The molecule has 0 aliphatic carbocycles. The number of hydrogen-bond donors (Lipinski definition) is 1. The van der Waals surface area contributed by atoms with Gasteiger partial charge in [-0.2, -0.15) is 0 Å². The summed E-state index contributed by atoms with van der Waals surface area (Å²) in [6, 6.07) is 20.6. The number of piperidine rings is 1. The van der Waals surface area contributed by atoms with E-state index >= 15 is 0 Å². The van der Waals surface area contributed by atoms with E-state index in [9.17, 15) is 5.11 Å². The topological polar surface area (TPSA) is 62.9 Å². The number of benzene rings is 2. The Balaban J connectivity index is 1.18. The van der Waals surface area contributed by atoms with Crippen LogP contribution in [0.2, 0.25) is 0 Å². The van der Waals surface area contributed by atoms with Gasteiger partial charge < -0.3 is 9.84 Å². The second-order valence-corrected chi connectivity index (χ2v) is 9.59. The average molecular weight is 491 g/mol. The van der Waals surface area contributed by atoms with Gasteiger partial charge in [0, 0.05) is 49.9 Å². The summed E-state index contributed by atoms with van der Waals surface area (Å²) in [5, 5.41) is 10.9. The van der Waals surface area contributed by atoms with E-state index in [-0.39, 0.29) is 12.2 Å². The molecule has 1 saturated heterocycles. The van der Waals surface area contributed by atoms with Crippen LogP contribution in [0.5, 0.6) is 0 Å². The highest BCUT2D eigenvalue weighted by Gasteiger charge is 2.35. The van der Waals surface area contributed by atoms with Gasteiger partial charge in [0.05, 0.1) is 6.10 Å². The molecule has 3 aromatic rings. The molecule has 0 amide bonds. The third-order valence-electron chi connectivity index (χ3n) is 6.92. The Bertz CT molecular complexity index is 1100. The lowest BCUT2D eigenvalue weighted by molar-refractivity contribution is -0.103. The van der Waals surface area contributed by atoms with E-state index in [2.05, 4.69) is 45.2 Å². The SMILES string of the molecule is OC1CC(OC(c2ccccc2)c2ccccc2)CCN1CCCC1(c2nccn2Cl)C=CC=N1. The van der Waals surface area contributed by atoms with Crippen molar-refractivity contribution in [3.63, 3.8) is 0 Å². The van der Waals surface area contributed by atoms with Crippen molar-refractivity contribution in [3.8, 4) is 0 Å². The smallest absolute Gasteiger partial charge is 0.155 e. The number of imidazole rings is 1. The summed E-state index contributed by atoms with van der Waals surface area (Å²) in [7, 11) is 0. The molecule has 2 aliphatic rings. The first-order valence-corrected chi connectivity index (χ1v) is 12.6. The molecule has 3 unspecified atom stereocenters. The maximum atomic E-state index is 10.9. The number of ether oxygens (including phenoxy) is 1. The van der Waals surface area contributed by atoms with Gasteiger partial charge in [0.15, 0.2) is 5.82 Å². The zero-order valence-corrected chi connectivity index (χ0v) is 20.4. The number of likely N-dealkylation sites (tertiary alicyclic amines) is 1. The predicted octanol–water partition coefficient (Wildman–Crippen LogP) is 5.09. The zero-order chi connectivity index (χ0) is 24.1. The van der Waals surface area contributed by atoms with Crippen LogP contribution >= 0.6 is 11.8 Å². The Hall–Kier alpha value is -2.77. The molecule has 0 bridgehead atoms. The minimum Gasteiger partial charge on any atom is -0.378 e. The summed E-state index contributed by atoms with van der Waals surface area (Å²) in [6.45, 7) is 1.57. The summed E-state index contributed by atoms with van der Waals surface area (Å²) in [5.74, 6) is 0.727. The first kappa shape index (κ1) is 23.9. The molecule has 1 N–H and O–H groups in total. The van der Waals surface area contributed by atoms with Crippen molar-refractivity contribution in [2.24, 2.45) is 4.99 Å². The van der Waals surface area contributed by atoms with Crippen molar-refractivity contribution in [1.82, 2.24) is 14.0 Å². The van der Waals surface area contributed by atoms with Crippen LogP contribution in [0.1, 0.15) is 48.7 Å². The minimum atomic E-state index is -0.533. The van der Waals surface area contributed by atoms with Crippen molar-refractivity contribution in [3.05, 3.63) is 102 Å². The van der Waals surface area contributed by atoms with Gasteiger partial charge in [-0.15, -0.1) is 0 Å². The lowest BCUT2D eigenvalue weighted by Crippen LogP contribution is -2.45. The predicted molar refractivity (Wildman–Crippen MR) is 138 cm³/mol. The first-order chi connectivity index (χ1) is 17.1. The number of nitrogens with zero attached hydrogens (tertiary/aromatic N) is 4. The molecule has 0 saturated carbocycles. The van der Waals surface area contributed by atoms with E-state index < -0.39 is 11.8 Å². The number of allylic oxidation sites excluding steroid dienone is 1. The normalized spacial score (nSPS) is 24.4. The summed E-state index contributed by atoms with van der Waals surface area (Å²) in [5.41, 5.74) is 1.73. The number of aliphatic hydroxyl groups is 1. The quantitative estimate of drug-likeness (QED) is 0.454. The maximum Gasteiger partial charge on any atom is 0.155 e. The fourth-order valence-electron chi connectivity index (χ4n) is 5.09. The molecule has 7 heteroatoms. The monoisotopic (exact) mass is 490 g/mol. The van der Waals surface area contributed by atoms with Gasteiger partial charge >= 0.3 is 0 Å². The molecule has 6 nitrogen and oxygen atoms in total. The molecule has 2 aliphatic heterocycles. The third kappa shape index (κ3) is 5.41. The van der Waals surface area contributed by atoms with E-state index in [1.807, 2.05) is 42.5 Å². The lowest BCUT2D eigenvalue weighted by Gasteiger charge is -2.38. The molecule has 3 heterocycles. The Morgan fingerprint density at radius 2 is 1.80 bits per heavy atom. The van der Waals surface area contributed by atoms with Crippen LogP contribution in [-0.4, -0.2) is 50.7 Å². The number of rotatable bonds is 9. The van der Waals surface area contributed by atoms with Gasteiger partial charge in [0.2, 0.25) is 0 Å². The summed E-state index contributed by atoms with van der Waals surface area (Å²) in [4.78, 5) is 11.2. The molecule has 1 aromatic heterocycles. The van der Waals surface area contributed by atoms with Gasteiger partial charge in [0.25, 0.3) is 0 Å². The third-order valence-corrected chi connectivity index (χ3v) is 7.19. The molecule has 1 fully saturated rings. The van der Waals surface area contributed by atoms with Gasteiger partial charge in [-0.3, -0.25) is 9.89 Å². The maximum absolute atomic E-state index is 10.9. The Morgan fingerprint density at radius 1 is 1.09 bits per heavy atom. The van der Waals surface area contributed by atoms with E-state index in [4.69, 9.17) is 16.5 Å². The average Bonchev–Trinajstić information content (AvgIpc) is 3.54. The van der Waals surface area contributed by atoms with E-state index in [1.54, 1.807) is 18.6 Å². The molecule has 3 atom stereocenters. The van der Waals surface area contributed by atoms with Gasteiger partial charge in [0.1, 0.15) is 17.9 Å². The van der Waals surface area contributed by atoms with Crippen molar-refractivity contribution < 1.29 is 9.84 Å². The highest BCUT2D eigenvalue weighted by Crippen LogP contribution is 2.35. The summed E-state index contributed by atoms with van der Waals surface area (Å²) >= 11 is 6.29. The second kappa shape index (κ2) is 10.9. The second-order valence-electron chi connectivity index (χ2n) is 9.23. The highest BCUT2D eigenvalue weighted by atomic mass is 35.5. The minimum absolute atomic E-state index is 0.0101. The van der Waals surface area contributed by atoms with Gasteiger partial charge in [-0.25, -0.2) is 9.07 Å². The lowest BCUT2D eigenvalue weighted by atomic mass is 9.93. The summed E-state index contributed by atoms with van der Waals surface area (Å²) < 4.78 is 8.12. The fraction of sp³-hybridized carbons (Fsp3) is 0.357. The largest absolute Gasteiger partial charge is 0.378 e. The van der Waals surface area contributed by atoms with Crippen LogP contribution in [0.4, 0.5) is 0 Å². The Morgan fingerprint density at radius 3 is 2.37 bits per heavy atom. The van der Waals surface area contributed by atoms with Crippen LogP contribution in [-0.2, 0) is 10.3 Å². The van der Waals surface area contributed by atoms with Crippen molar-refractivity contribution >= 4 is 18.0 Å². The van der Waals surface area contributed by atoms with Crippen LogP contribution in [0.3, 0.4) is 0 Å². The van der Waals surface area contributed by atoms with E-state index in [1.165, 1.54) is 4.09 Å².